The molecule has 2 aliphatic heterocycles. The molecule has 2 saturated heterocycles. The van der Waals surface area contributed by atoms with Crippen LogP contribution in [0.15, 0.2) is 24.3 Å². The van der Waals surface area contributed by atoms with Crippen molar-refractivity contribution in [1.82, 2.24) is 10.2 Å². The molecule has 2 N–H and O–H groups in total. The van der Waals surface area contributed by atoms with Crippen molar-refractivity contribution in [3.8, 4) is 0 Å². The maximum absolute atomic E-state index is 12.5. The summed E-state index contributed by atoms with van der Waals surface area (Å²) in [6, 6.07) is 7.08. The minimum atomic E-state index is -0.837. The zero-order valence-corrected chi connectivity index (χ0v) is 14.0. The molecule has 0 aliphatic carbocycles. The number of nitrogens with one attached hydrogen (secondary N) is 1. The summed E-state index contributed by atoms with van der Waals surface area (Å²) < 4.78 is 5.77. The lowest BCUT2D eigenvalue weighted by Gasteiger charge is -2.32. The number of carbonyl (C=O) groups excluding carboxylic acids is 1. The molecule has 2 heterocycles. The summed E-state index contributed by atoms with van der Waals surface area (Å²) in [4.78, 5) is 25.2. The Morgan fingerprint density at radius 2 is 2.00 bits per heavy atom. The predicted octanol–water partition coefficient (Wildman–Crippen LogP) is 2.68. The van der Waals surface area contributed by atoms with Gasteiger partial charge in [0.15, 0.2) is 0 Å². The number of amides is 2. The van der Waals surface area contributed by atoms with Crippen LogP contribution in [-0.2, 0) is 9.53 Å². The average Bonchev–Trinajstić information content (AvgIpc) is 3.03. The van der Waals surface area contributed by atoms with E-state index in [1.165, 1.54) is 0 Å². The summed E-state index contributed by atoms with van der Waals surface area (Å²) in [7, 11) is 0. The summed E-state index contributed by atoms with van der Waals surface area (Å²) in [5.41, 5.74) is 0.976. The Bertz CT molecular complexity index is 607. The quantitative estimate of drug-likeness (QED) is 0.876. The molecule has 3 atom stereocenters. The normalized spacial score (nSPS) is 27.0. The maximum atomic E-state index is 12.5. The molecule has 0 aromatic heterocycles. The van der Waals surface area contributed by atoms with E-state index in [1.54, 1.807) is 17.0 Å². The number of carboxylic acid groups (broad SMARTS) is 1. The van der Waals surface area contributed by atoms with Gasteiger partial charge in [-0.25, -0.2) is 4.79 Å². The van der Waals surface area contributed by atoms with Crippen LogP contribution in [0.1, 0.15) is 30.9 Å². The largest absolute Gasteiger partial charge is 0.481 e. The second-order valence-electron chi connectivity index (χ2n) is 6.31. The van der Waals surface area contributed by atoms with Crippen molar-refractivity contribution >= 4 is 23.6 Å². The van der Waals surface area contributed by atoms with Crippen LogP contribution in [0.4, 0.5) is 4.79 Å². The number of likely N-dealkylation sites (tertiary alicyclic amines) is 1. The fourth-order valence-corrected chi connectivity index (χ4v) is 3.46. The van der Waals surface area contributed by atoms with Crippen LogP contribution in [0.2, 0.25) is 5.02 Å². The van der Waals surface area contributed by atoms with E-state index in [9.17, 15) is 9.59 Å². The molecule has 1 aromatic rings. The van der Waals surface area contributed by atoms with Gasteiger partial charge in [-0.2, -0.15) is 0 Å². The van der Waals surface area contributed by atoms with Gasteiger partial charge in [-0.15, -0.1) is 0 Å². The number of urea groups is 1. The van der Waals surface area contributed by atoms with Gasteiger partial charge in [-0.3, -0.25) is 4.79 Å². The van der Waals surface area contributed by atoms with E-state index < -0.39 is 11.9 Å². The molecule has 0 bridgehead atoms. The van der Waals surface area contributed by atoms with Crippen LogP contribution in [-0.4, -0.2) is 47.7 Å². The summed E-state index contributed by atoms with van der Waals surface area (Å²) >= 11 is 5.91. The van der Waals surface area contributed by atoms with Crippen molar-refractivity contribution in [3.05, 3.63) is 34.9 Å². The number of halogens is 1. The highest BCUT2D eigenvalue weighted by Crippen LogP contribution is 2.30. The zero-order valence-electron chi connectivity index (χ0n) is 13.3. The van der Waals surface area contributed by atoms with Gasteiger partial charge >= 0.3 is 12.0 Å². The molecule has 2 fully saturated rings. The number of nitrogens with zero attached hydrogens (tertiary/aromatic N) is 1. The molecule has 3 rings (SSSR count). The molecule has 0 spiro atoms. The number of hydrogen-bond acceptors (Lipinski definition) is 3. The smallest absolute Gasteiger partial charge is 0.317 e. The van der Waals surface area contributed by atoms with E-state index in [-0.39, 0.29) is 24.7 Å². The van der Waals surface area contributed by atoms with Gasteiger partial charge in [0.05, 0.1) is 12.0 Å². The Balaban J connectivity index is 1.62. The highest BCUT2D eigenvalue weighted by Gasteiger charge is 2.34. The number of rotatable bonds is 3. The molecule has 0 saturated carbocycles. The van der Waals surface area contributed by atoms with Crippen LogP contribution in [0.25, 0.3) is 0 Å². The van der Waals surface area contributed by atoms with Crippen LogP contribution >= 0.6 is 11.6 Å². The number of ether oxygens (including phenoxy) is 1. The average molecular weight is 353 g/mol. The number of hydrogen-bond donors (Lipinski definition) is 2. The van der Waals surface area contributed by atoms with Crippen molar-refractivity contribution in [1.29, 1.82) is 0 Å². The minimum Gasteiger partial charge on any atom is -0.481 e. The first-order valence-electron chi connectivity index (χ1n) is 8.20. The Morgan fingerprint density at radius 3 is 2.71 bits per heavy atom. The second-order valence-corrected chi connectivity index (χ2v) is 6.75. The molecule has 130 valence electrons. The highest BCUT2D eigenvalue weighted by atomic mass is 35.5. The first-order valence-corrected chi connectivity index (χ1v) is 8.57. The monoisotopic (exact) mass is 352 g/mol. The van der Waals surface area contributed by atoms with Gasteiger partial charge < -0.3 is 20.1 Å². The van der Waals surface area contributed by atoms with Crippen molar-refractivity contribution in [2.24, 2.45) is 5.92 Å². The Kier molecular flexibility index (Phi) is 5.26. The van der Waals surface area contributed by atoms with E-state index >= 15 is 0 Å². The molecule has 2 amide bonds. The molecule has 0 radical (unpaired) electrons. The zero-order chi connectivity index (χ0) is 17.1. The number of aliphatic carboxylic acids is 1. The van der Waals surface area contributed by atoms with Crippen LogP contribution in [0.3, 0.4) is 0 Å². The molecular formula is C17H21ClN2O4. The third kappa shape index (κ3) is 3.82. The topological polar surface area (TPSA) is 78.9 Å². The van der Waals surface area contributed by atoms with Crippen LogP contribution < -0.4 is 5.32 Å². The van der Waals surface area contributed by atoms with Crippen molar-refractivity contribution in [3.63, 3.8) is 0 Å². The number of piperidine rings is 1. The highest BCUT2D eigenvalue weighted by molar-refractivity contribution is 6.30. The van der Waals surface area contributed by atoms with Crippen molar-refractivity contribution in [2.45, 2.75) is 31.4 Å². The lowest BCUT2D eigenvalue weighted by molar-refractivity contribution is -0.143. The molecule has 3 unspecified atom stereocenters. The Hall–Kier alpha value is -1.79. The number of benzene rings is 1. The van der Waals surface area contributed by atoms with Gasteiger partial charge in [0, 0.05) is 24.7 Å². The van der Waals surface area contributed by atoms with Crippen LogP contribution in [0.5, 0.6) is 0 Å². The van der Waals surface area contributed by atoms with E-state index in [1.807, 2.05) is 12.1 Å². The van der Waals surface area contributed by atoms with Gasteiger partial charge in [0.2, 0.25) is 0 Å². The third-order valence-electron chi connectivity index (χ3n) is 4.66. The Labute approximate surface area is 145 Å². The van der Waals surface area contributed by atoms with Gasteiger partial charge in [0.25, 0.3) is 0 Å². The molecule has 6 nitrogen and oxygen atoms in total. The summed E-state index contributed by atoms with van der Waals surface area (Å²) in [5.74, 6) is -1.31. The maximum Gasteiger partial charge on any atom is 0.317 e. The summed E-state index contributed by atoms with van der Waals surface area (Å²) in [6.45, 7) is 1.44. The molecule has 24 heavy (non-hydrogen) atoms. The summed E-state index contributed by atoms with van der Waals surface area (Å²) in [5, 5.41) is 12.8. The third-order valence-corrected chi connectivity index (χ3v) is 4.91. The lowest BCUT2D eigenvalue weighted by Crippen LogP contribution is -2.50. The standard InChI is InChI=1S/C17H21ClN2O4/c18-13-5-3-11(4-6-13)15-14(7-9-24-15)19-17(23)20-8-1-2-12(10-20)16(21)22/h3-6,12,14-15H,1-2,7-10H2,(H,19,23)(H,21,22). The van der Waals surface area contributed by atoms with Crippen LogP contribution in [0, 0.1) is 5.92 Å². The summed E-state index contributed by atoms with van der Waals surface area (Å²) in [6.07, 6.45) is 1.87. The second kappa shape index (κ2) is 7.40. The van der Waals surface area contributed by atoms with Gasteiger partial charge in [-0.05, 0) is 37.0 Å². The van der Waals surface area contributed by atoms with Crippen molar-refractivity contribution < 1.29 is 19.4 Å². The minimum absolute atomic E-state index is 0.121. The molecule has 2 aliphatic rings. The first-order chi connectivity index (χ1) is 11.5. The number of carbonyl (C=O) groups is 2. The molecule has 1 aromatic carbocycles. The van der Waals surface area contributed by atoms with E-state index in [0.717, 1.165) is 12.0 Å². The first kappa shape index (κ1) is 17.0. The fraction of sp³-hybridized carbons (Fsp3) is 0.529. The van der Waals surface area contributed by atoms with Gasteiger partial charge in [-0.1, -0.05) is 23.7 Å². The van der Waals surface area contributed by atoms with Gasteiger partial charge in [0.1, 0.15) is 6.10 Å². The molecular weight excluding hydrogens is 332 g/mol. The molecule has 7 heteroatoms. The van der Waals surface area contributed by atoms with E-state index in [4.69, 9.17) is 21.4 Å². The Morgan fingerprint density at radius 1 is 1.25 bits per heavy atom. The number of carboxylic acids is 1. The fourth-order valence-electron chi connectivity index (χ4n) is 3.33. The SMILES string of the molecule is O=C(O)C1CCCN(C(=O)NC2CCOC2c2ccc(Cl)cc2)C1. The predicted molar refractivity (Wildman–Crippen MR) is 89.0 cm³/mol. The van der Waals surface area contributed by atoms with E-state index in [2.05, 4.69) is 5.32 Å². The van der Waals surface area contributed by atoms with Crippen molar-refractivity contribution in [2.75, 3.05) is 19.7 Å². The lowest BCUT2D eigenvalue weighted by atomic mass is 9.98. The van der Waals surface area contributed by atoms with E-state index in [0.29, 0.717) is 31.0 Å².